The molecule has 3 rings (SSSR count). The van der Waals surface area contributed by atoms with Crippen LogP contribution in [0.15, 0.2) is 41.4 Å². The van der Waals surface area contributed by atoms with Gasteiger partial charge in [-0.15, -0.1) is 0 Å². The summed E-state index contributed by atoms with van der Waals surface area (Å²) in [6.07, 6.45) is -4.65. The summed E-state index contributed by atoms with van der Waals surface area (Å²) in [6, 6.07) is 5.17. The Bertz CT molecular complexity index is 1210. The van der Waals surface area contributed by atoms with Crippen LogP contribution in [0.3, 0.4) is 0 Å². The summed E-state index contributed by atoms with van der Waals surface area (Å²) >= 11 is 0.693. The normalized spacial score (nSPS) is 13.5. The molecule has 1 heterocycles. The van der Waals surface area contributed by atoms with Gasteiger partial charge in [0.25, 0.3) is 5.91 Å². The molecule has 6 nitrogen and oxygen atoms in total. The Kier molecular flexibility index (Phi) is 5.66. The third kappa shape index (κ3) is 3.92. The lowest BCUT2D eigenvalue weighted by Gasteiger charge is -2.11. The van der Waals surface area contributed by atoms with Crippen molar-refractivity contribution in [3.63, 3.8) is 0 Å². The average molecular weight is 442 g/mol. The Hall–Kier alpha value is -3.21. The number of fused-ring (bicyclic) bond motifs is 1. The number of hydrogen-bond acceptors (Lipinski definition) is 4. The SMILES string of the molecule is COc1ccc2c(s/c(=N\C(=O)c3cccc(C(F)(F)F)c3)n2C(C)C(=O)O)c1F. The molecule has 1 amide bonds. The molecule has 1 N–H and O–H groups in total. The number of thiazole rings is 1. The monoisotopic (exact) mass is 442 g/mol. The number of carboxylic acid groups (broad SMARTS) is 1. The molecule has 0 spiro atoms. The molecule has 0 fully saturated rings. The van der Waals surface area contributed by atoms with Crippen LogP contribution in [0.5, 0.6) is 5.75 Å². The van der Waals surface area contributed by atoms with Crippen molar-refractivity contribution < 1.29 is 37.0 Å². The van der Waals surface area contributed by atoms with E-state index in [4.69, 9.17) is 4.74 Å². The van der Waals surface area contributed by atoms with E-state index in [9.17, 15) is 32.3 Å². The van der Waals surface area contributed by atoms with Gasteiger partial charge in [0.2, 0.25) is 0 Å². The number of amides is 1. The molecule has 0 saturated heterocycles. The highest BCUT2D eigenvalue weighted by Gasteiger charge is 2.31. The second kappa shape index (κ2) is 7.90. The lowest BCUT2D eigenvalue weighted by molar-refractivity contribution is -0.140. The smallest absolute Gasteiger partial charge is 0.416 e. The van der Waals surface area contributed by atoms with Crippen LogP contribution in [0, 0.1) is 5.82 Å². The Morgan fingerprint density at radius 3 is 2.53 bits per heavy atom. The maximum absolute atomic E-state index is 14.6. The topological polar surface area (TPSA) is 80.9 Å². The number of benzene rings is 2. The van der Waals surface area contributed by atoms with E-state index in [0.717, 1.165) is 22.8 Å². The van der Waals surface area contributed by atoms with Crippen molar-refractivity contribution in [3.8, 4) is 5.75 Å². The maximum Gasteiger partial charge on any atom is 0.416 e. The summed E-state index contributed by atoms with van der Waals surface area (Å²) in [6.45, 7) is 1.31. The molecule has 0 aliphatic heterocycles. The van der Waals surface area contributed by atoms with Gasteiger partial charge >= 0.3 is 12.1 Å². The number of rotatable bonds is 4. The molecule has 11 heteroatoms. The minimum Gasteiger partial charge on any atom is -0.494 e. The van der Waals surface area contributed by atoms with Gasteiger partial charge in [-0.05, 0) is 37.3 Å². The molecular formula is C19H14F4N2O4S. The summed E-state index contributed by atoms with van der Waals surface area (Å²) in [4.78, 5) is 27.7. The van der Waals surface area contributed by atoms with Crippen molar-refractivity contribution in [1.29, 1.82) is 0 Å². The molecule has 30 heavy (non-hydrogen) atoms. The fourth-order valence-electron chi connectivity index (χ4n) is 2.76. The quantitative estimate of drug-likeness (QED) is 0.613. The van der Waals surface area contributed by atoms with Crippen molar-refractivity contribution in [3.05, 3.63) is 58.1 Å². The number of aromatic nitrogens is 1. The Balaban J connectivity index is 2.23. The molecule has 1 aromatic heterocycles. The van der Waals surface area contributed by atoms with E-state index in [1.807, 2.05) is 0 Å². The highest BCUT2D eigenvalue weighted by Crippen LogP contribution is 2.31. The molecular weight excluding hydrogens is 428 g/mol. The minimum absolute atomic E-state index is 0.00181. The summed E-state index contributed by atoms with van der Waals surface area (Å²) in [7, 11) is 1.26. The van der Waals surface area contributed by atoms with Crippen molar-refractivity contribution in [2.24, 2.45) is 4.99 Å². The molecule has 0 radical (unpaired) electrons. The van der Waals surface area contributed by atoms with Crippen molar-refractivity contribution in [1.82, 2.24) is 4.57 Å². The zero-order valence-corrected chi connectivity index (χ0v) is 16.3. The first-order chi connectivity index (χ1) is 14.0. The Morgan fingerprint density at radius 1 is 1.23 bits per heavy atom. The first-order valence-corrected chi connectivity index (χ1v) is 9.23. The molecule has 0 bridgehead atoms. The number of carbonyl (C=O) groups is 2. The van der Waals surface area contributed by atoms with Crippen LogP contribution in [0.1, 0.15) is 28.9 Å². The third-order valence-corrected chi connectivity index (χ3v) is 5.36. The lowest BCUT2D eigenvalue weighted by atomic mass is 10.1. The predicted molar refractivity (Wildman–Crippen MR) is 100 cm³/mol. The van der Waals surface area contributed by atoms with Gasteiger partial charge in [0.05, 0.1) is 22.9 Å². The Morgan fingerprint density at radius 2 is 1.93 bits per heavy atom. The van der Waals surface area contributed by atoms with Crippen LogP contribution in [-0.4, -0.2) is 28.7 Å². The molecule has 0 saturated carbocycles. The summed E-state index contributed by atoms with van der Waals surface area (Å²) in [5, 5.41) is 9.40. The number of carbonyl (C=O) groups excluding carboxylic acids is 1. The number of halogens is 4. The van der Waals surface area contributed by atoms with Crippen molar-refractivity contribution >= 4 is 33.4 Å². The van der Waals surface area contributed by atoms with E-state index < -0.39 is 35.5 Å². The molecule has 158 valence electrons. The van der Waals surface area contributed by atoms with Crippen LogP contribution >= 0.6 is 11.3 Å². The van der Waals surface area contributed by atoms with E-state index in [2.05, 4.69) is 4.99 Å². The van der Waals surface area contributed by atoms with Crippen LogP contribution in [0.2, 0.25) is 0 Å². The molecule has 0 aliphatic rings. The molecule has 2 aromatic carbocycles. The standard InChI is InChI=1S/C19H14F4N2O4S/c1-9(17(27)28)25-12-6-7-13(29-2)14(20)15(12)30-18(25)24-16(26)10-4-3-5-11(8-10)19(21,22)23/h3-9H,1-2H3,(H,27,28)/b24-18-. The number of nitrogens with zero attached hydrogens (tertiary/aromatic N) is 2. The fraction of sp³-hybridized carbons (Fsp3) is 0.211. The highest BCUT2D eigenvalue weighted by molar-refractivity contribution is 7.16. The van der Waals surface area contributed by atoms with E-state index in [-0.39, 0.29) is 26.3 Å². The average Bonchev–Trinajstić information content (AvgIpc) is 3.05. The lowest BCUT2D eigenvalue weighted by Crippen LogP contribution is -2.25. The second-order valence-corrected chi connectivity index (χ2v) is 7.17. The first-order valence-electron chi connectivity index (χ1n) is 8.41. The predicted octanol–water partition coefficient (Wildman–Crippen LogP) is 4.26. The van der Waals surface area contributed by atoms with Gasteiger partial charge in [0.1, 0.15) is 6.04 Å². The number of methoxy groups -OCH3 is 1. The van der Waals surface area contributed by atoms with Gasteiger partial charge in [-0.25, -0.2) is 9.18 Å². The van der Waals surface area contributed by atoms with Crippen molar-refractivity contribution in [2.45, 2.75) is 19.1 Å². The second-order valence-electron chi connectivity index (χ2n) is 6.19. The molecule has 0 aliphatic carbocycles. The Labute approximate surface area is 170 Å². The first kappa shape index (κ1) is 21.5. The van der Waals surface area contributed by atoms with E-state index >= 15 is 0 Å². The van der Waals surface area contributed by atoms with E-state index in [1.165, 1.54) is 26.2 Å². The highest BCUT2D eigenvalue weighted by atomic mass is 32.1. The van der Waals surface area contributed by atoms with Gasteiger partial charge in [-0.3, -0.25) is 4.79 Å². The molecule has 1 atom stereocenters. The molecule has 1 unspecified atom stereocenters. The maximum atomic E-state index is 14.6. The van der Waals surface area contributed by atoms with Gasteiger partial charge < -0.3 is 14.4 Å². The van der Waals surface area contributed by atoms with Gasteiger partial charge in [0, 0.05) is 5.56 Å². The van der Waals surface area contributed by atoms with Crippen LogP contribution < -0.4 is 9.54 Å². The summed E-state index contributed by atoms with van der Waals surface area (Å²) < 4.78 is 59.4. The zero-order chi connectivity index (χ0) is 22.2. The number of aliphatic carboxylic acids is 1. The van der Waals surface area contributed by atoms with Gasteiger partial charge in [-0.1, -0.05) is 17.4 Å². The molecule has 3 aromatic rings. The summed E-state index contributed by atoms with van der Waals surface area (Å²) in [5.74, 6) is -3.14. The minimum atomic E-state index is -4.65. The third-order valence-electron chi connectivity index (χ3n) is 4.30. The van der Waals surface area contributed by atoms with Gasteiger partial charge in [-0.2, -0.15) is 18.2 Å². The van der Waals surface area contributed by atoms with Crippen LogP contribution in [-0.2, 0) is 11.0 Å². The summed E-state index contributed by atoms with van der Waals surface area (Å²) in [5.41, 5.74) is -1.21. The van der Waals surface area contributed by atoms with Crippen molar-refractivity contribution in [2.75, 3.05) is 7.11 Å². The largest absolute Gasteiger partial charge is 0.494 e. The van der Waals surface area contributed by atoms with Crippen LogP contribution in [0.4, 0.5) is 17.6 Å². The van der Waals surface area contributed by atoms with E-state index in [0.29, 0.717) is 17.4 Å². The van der Waals surface area contributed by atoms with Gasteiger partial charge in [0.15, 0.2) is 16.4 Å². The zero-order valence-electron chi connectivity index (χ0n) is 15.5. The number of alkyl halides is 3. The number of ether oxygens (including phenoxy) is 1. The fourth-order valence-corrected chi connectivity index (χ4v) is 3.88. The number of hydrogen-bond donors (Lipinski definition) is 1. The van der Waals surface area contributed by atoms with E-state index in [1.54, 1.807) is 0 Å². The number of carboxylic acids is 1. The van der Waals surface area contributed by atoms with Crippen LogP contribution in [0.25, 0.3) is 10.2 Å².